The summed E-state index contributed by atoms with van der Waals surface area (Å²) in [4.78, 5) is 4.66. The van der Waals surface area contributed by atoms with E-state index >= 15 is 0 Å². The first-order valence-electron chi connectivity index (χ1n) is 7.29. The molecule has 0 saturated carbocycles. The monoisotopic (exact) mass is 273 g/mol. The standard InChI is InChI=1S/C16H20FN3/c1-12-19-15-8-4-5-9-16(15)20(12)11-10-18-14-7-3-2-6-13(14)17/h2-3,6-7,18H,4-5,8-11H2,1H3. The van der Waals surface area contributed by atoms with Gasteiger partial charge in [0.05, 0.1) is 11.4 Å². The molecule has 0 saturated heterocycles. The zero-order chi connectivity index (χ0) is 13.9. The highest BCUT2D eigenvalue weighted by Gasteiger charge is 2.17. The van der Waals surface area contributed by atoms with E-state index in [1.807, 2.05) is 6.07 Å². The van der Waals surface area contributed by atoms with Crippen molar-refractivity contribution in [2.45, 2.75) is 39.2 Å². The summed E-state index contributed by atoms with van der Waals surface area (Å²) in [6.07, 6.45) is 4.72. The quantitative estimate of drug-likeness (QED) is 0.926. The predicted octanol–water partition coefficient (Wildman–Crippen LogP) is 3.32. The molecule has 20 heavy (non-hydrogen) atoms. The lowest BCUT2D eigenvalue weighted by Gasteiger charge is -2.15. The van der Waals surface area contributed by atoms with Crippen LogP contribution in [-0.2, 0) is 19.4 Å². The molecule has 1 aromatic carbocycles. The van der Waals surface area contributed by atoms with Gasteiger partial charge in [-0.2, -0.15) is 0 Å². The summed E-state index contributed by atoms with van der Waals surface area (Å²) in [6, 6.07) is 6.80. The molecule has 0 aliphatic heterocycles. The van der Waals surface area contributed by atoms with Crippen molar-refractivity contribution in [1.29, 1.82) is 0 Å². The van der Waals surface area contributed by atoms with Crippen molar-refractivity contribution in [2.24, 2.45) is 0 Å². The minimum atomic E-state index is -0.197. The van der Waals surface area contributed by atoms with Gasteiger partial charge in [0.2, 0.25) is 0 Å². The maximum Gasteiger partial charge on any atom is 0.146 e. The molecular weight excluding hydrogens is 253 g/mol. The van der Waals surface area contributed by atoms with Crippen LogP contribution >= 0.6 is 0 Å². The Bertz CT molecular complexity index is 604. The number of benzene rings is 1. The number of nitrogens with one attached hydrogen (secondary N) is 1. The van der Waals surface area contributed by atoms with Gasteiger partial charge in [-0.25, -0.2) is 9.37 Å². The van der Waals surface area contributed by atoms with Crippen LogP contribution in [0, 0.1) is 12.7 Å². The molecule has 1 aliphatic carbocycles. The molecule has 1 heterocycles. The fourth-order valence-electron chi connectivity index (χ4n) is 2.94. The Balaban J connectivity index is 1.67. The van der Waals surface area contributed by atoms with Crippen LogP contribution in [0.4, 0.5) is 10.1 Å². The number of anilines is 1. The number of nitrogens with zero attached hydrogens (tertiary/aromatic N) is 2. The highest BCUT2D eigenvalue weighted by molar-refractivity contribution is 5.44. The summed E-state index contributed by atoms with van der Waals surface area (Å²) in [6.45, 7) is 3.61. The van der Waals surface area contributed by atoms with Crippen molar-refractivity contribution in [3.63, 3.8) is 0 Å². The van der Waals surface area contributed by atoms with Crippen LogP contribution in [0.15, 0.2) is 24.3 Å². The Morgan fingerprint density at radius 1 is 1.25 bits per heavy atom. The molecule has 0 unspecified atom stereocenters. The molecule has 3 nitrogen and oxygen atoms in total. The second-order valence-electron chi connectivity index (χ2n) is 5.32. The number of para-hydroxylation sites is 1. The van der Waals surface area contributed by atoms with E-state index in [1.54, 1.807) is 12.1 Å². The van der Waals surface area contributed by atoms with Gasteiger partial charge >= 0.3 is 0 Å². The van der Waals surface area contributed by atoms with E-state index in [-0.39, 0.29) is 5.82 Å². The molecule has 1 aliphatic rings. The molecule has 0 radical (unpaired) electrons. The van der Waals surface area contributed by atoms with Crippen molar-refractivity contribution in [3.05, 3.63) is 47.3 Å². The van der Waals surface area contributed by atoms with Crippen LogP contribution in [0.3, 0.4) is 0 Å². The number of fused-ring (bicyclic) bond motifs is 1. The fourth-order valence-corrected chi connectivity index (χ4v) is 2.94. The first-order chi connectivity index (χ1) is 9.75. The second kappa shape index (κ2) is 5.65. The van der Waals surface area contributed by atoms with Gasteiger partial charge in [0.15, 0.2) is 0 Å². The number of hydrogen-bond donors (Lipinski definition) is 1. The van der Waals surface area contributed by atoms with Crippen molar-refractivity contribution in [3.8, 4) is 0 Å². The molecule has 0 amide bonds. The molecule has 3 rings (SSSR count). The maximum absolute atomic E-state index is 13.5. The molecular formula is C16H20FN3. The van der Waals surface area contributed by atoms with E-state index in [2.05, 4.69) is 21.8 Å². The molecule has 2 aromatic rings. The fraction of sp³-hybridized carbons (Fsp3) is 0.438. The zero-order valence-electron chi connectivity index (χ0n) is 11.8. The predicted molar refractivity (Wildman–Crippen MR) is 78.5 cm³/mol. The van der Waals surface area contributed by atoms with Gasteiger partial charge < -0.3 is 9.88 Å². The van der Waals surface area contributed by atoms with Gasteiger partial charge in [-0.05, 0) is 44.7 Å². The first kappa shape index (κ1) is 13.2. The van der Waals surface area contributed by atoms with Crippen LogP contribution in [0.2, 0.25) is 0 Å². The van der Waals surface area contributed by atoms with Crippen LogP contribution in [0.25, 0.3) is 0 Å². The third-order valence-corrected chi connectivity index (χ3v) is 3.95. The van der Waals surface area contributed by atoms with E-state index in [0.29, 0.717) is 12.2 Å². The average Bonchev–Trinajstić information content (AvgIpc) is 2.77. The number of imidazole rings is 1. The Morgan fingerprint density at radius 2 is 2.05 bits per heavy atom. The Hall–Kier alpha value is -1.84. The van der Waals surface area contributed by atoms with Crippen molar-refractivity contribution >= 4 is 5.69 Å². The van der Waals surface area contributed by atoms with E-state index in [4.69, 9.17) is 0 Å². The van der Waals surface area contributed by atoms with Gasteiger partial charge in [0, 0.05) is 18.8 Å². The van der Waals surface area contributed by atoms with E-state index in [1.165, 1.54) is 30.3 Å². The topological polar surface area (TPSA) is 29.9 Å². The Morgan fingerprint density at radius 3 is 2.90 bits per heavy atom. The highest BCUT2D eigenvalue weighted by Crippen LogP contribution is 2.22. The third kappa shape index (κ3) is 2.55. The van der Waals surface area contributed by atoms with E-state index < -0.39 is 0 Å². The molecule has 4 heteroatoms. The summed E-state index contributed by atoms with van der Waals surface area (Å²) >= 11 is 0. The van der Waals surface area contributed by atoms with Crippen LogP contribution in [0.5, 0.6) is 0 Å². The lowest BCUT2D eigenvalue weighted by atomic mass is 10.0. The lowest BCUT2D eigenvalue weighted by Crippen LogP contribution is -2.16. The Kier molecular flexibility index (Phi) is 3.72. The van der Waals surface area contributed by atoms with Crippen molar-refractivity contribution in [2.75, 3.05) is 11.9 Å². The van der Waals surface area contributed by atoms with Gasteiger partial charge in [-0.1, -0.05) is 12.1 Å². The van der Waals surface area contributed by atoms with Crippen LogP contribution < -0.4 is 5.32 Å². The van der Waals surface area contributed by atoms with E-state index in [9.17, 15) is 4.39 Å². The SMILES string of the molecule is Cc1nc2c(n1CCNc1ccccc1F)CCCC2. The van der Waals surface area contributed by atoms with Crippen molar-refractivity contribution < 1.29 is 4.39 Å². The number of aryl methyl sites for hydroxylation is 2. The largest absolute Gasteiger partial charge is 0.381 e. The second-order valence-corrected chi connectivity index (χ2v) is 5.32. The zero-order valence-corrected chi connectivity index (χ0v) is 11.8. The highest BCUT2D eigenvalue weighted by atomic mass is 19.1. The summed E-state index contributed by atoms with van der Waals surface area (Å²) in [7, 11) is 0. The van der Waals surface area contributed by atoms with Crippen molar-refractivity contribution in [1.82, 2.24) is 9.55 Å². The smallest absolute Gasteiger partial charge is 0.146 e. The molecule has 0 atom stereocenters. The number of halogens is 1. The van der Waals surface area contributed by atoms with Gasteiger partial charge in [-0.3, -0.25) is 0 Å². The molecule has 1 aromatic heterocycles. The summed E-state index contributed by atoms with van der Waals surface area (Å²) < 4.78 is 15.8. The first-order valence-corrected chi connectivity index (χ1v) is 7.29. The van der Waals surface area contributed by atoms with Crippen LogP contribution in [-0.4, -0.2) is 16.1 Å². The van der Waals surface area contributed by atoms with Gasteiger partial charge in [0.25, 0.3) is 0 Å². The van der Waals surface area contributed by atoms with E-state index in [0.717, 1.165) is 25.2 Å². The molecule has 0 fully saturated rings. The number of rotatable bonds is 4. The van der Waals surface area contributed by atoms with Crippen LogP contribution in [0.1, 0.15) is 30.1 Å². The number of aromatic nitrogens is 2. The normalized spacial score (nSPS) is 14.1. The number of hydrogen-bond acceptors (Lipinski definition) is 2. The average molecular weight is 273 g/mol. The van der Waals surface area contributed by atoms with Gasteiger partial charge in [-0.15, -0.1) is 0 Å². The minimum absolute atomic E-state index is 0.197. The van der Waals surface area contributed by atoms with Gasteiger partial charge in [0.1, 0.15) is 11.6 Å². The summed E-state index contributed by atoms with van der Waals surface area (Å²) in [5, 5.41) is 3.16. The third-order valence-electron chi connectivity index (χ3n) is 3.95. The molecule has 0 bridgehead atoms. The molecule has 1 N–H and O–H groups in total. The molecule has 0 spiro atoms. The maximum atomic E-state index is 13.5. The molecule has 106 valence electrons. The Labute approximate surface area is 118 Å². The summed E-state index contributed by atoms with van der Waals surface area (Å²) in [5.74, 6) is 0.879. The minimum Gasteiger partial charge on any atom is -0.381 e. The lowest BCUT2D eigenvalue weighted by molar-refractivity contribution is 0.602. The summed E-state index contributed by atoms with van der Waals surface area (Å²) in [5.41, 5.74) is 3.21.